The van der Waals surface area contributed by atoms with E-state index in [1.807, 2.05) is 24.8 Å². The van der Waals surface area contributed by atoms with E-state index in [9.17, 15) is 4.79 Å². The molecule has 0 bridgehead atoms. The van der Waals surface area contributed by atoms with Crippen molar-refractivity contribution in [1.29, 1.82) is 0 Å². The second kappa shape index (κ2) is 5.23. The molecule has 94 valence electrons. The summed E-state index contributed by atoms with van der Waals surface area (Å²) in [5, 5.41) is 0.503. The van der Waals surface area contributed by atoms with Gasteiger partial charge in [0.2, 0.25) is 5.91 Å². The standard InChI is InChI=1S/C12H18N2OS2/c1-5-6-7-8-14-10(16)12(2,3)9(15)13(4)11(14)17/h5H,1,6-8H2,2-4H3. The molecule has 1 amide bonds. The topological polar surface area (TPSA) is 23.6 Å². The zero-order valence-corrected chi connectivity index (χ0v) is 12.2. The molecular formula is C12H18N2OS2. The Hall–Kier alpha value is -0.810. The number of nitrogens with zero attached hydrogens (tertiary/aromatic N) is 2. The van der Waals surface area contributed by atoms with Crippen molar-refractivity contribution in [2.75, 3.05) is 13.6 Å². The number of amides is 1. The minimum Gasteiger partial charge on any atom is -0.312 e. The van der Waals surface area contributed by atoms with Crippen molar-refractivity contribution >= 4 is 40.4 Å². The number of thiocarbonyl (C=S) groups is 2. The van der Waals surface area contributed by atoms with Crippen molar-refractivity contribution in [3.05, 3.63) is 12.7 Å². The lowest BCUT2D eigenvalue weighted by Crippen LogP contribution is -2.61. The van der Waals surface area contributed by atoms with Crippen LogP contribution < -0.4 is 0 Å². The maximum Gasteiger partial charge on any atom is 0.240 e. The summed E-state index contributed by atoms with van der Waals surface area (Å²) in [7, 11) is 1.70. The Bertz CT molecular complexity index is 377. The molecule has 1 rings (SSSR count). The molecule has 0 aromatic rings. The van der Waals surface area contributed by atoms with E-state index < -0.39 is 5.41 Å². The SMILES string of the molecule is C=CCCCN1C(=S)N(C)C(=O)C(C)(C)C1=S. The van der Waals surface area contributed by atoms with E-state index in [1.165, 1.54) is 4.90 Å². The molecule has 0 spiro atoms. The molecule has 17 heavy (non-hydrogen) atoms. The van der Waals surface area contributed by atoms with Crippen molar-refractivity contribution in [2.24, 2.45) is 5.41 Å². The highest BCUT2D eigenvalue weighted by Crippen LogP contribution is 2.29. The lowest BCUT2D eigenvalue weighted by molar-refractivity contribution is -0.133. The van der Waals surface area contributed by atoms with Gasteiger partial charge in [-0.2, -0.15) is 0 Å². The summed E-state index contributed by atoms with van der Waals surface area (Å²) in [5.41, 5.74) is -0.652. The largest absolute Gasteiger partial charge is 0.312 e. The van der Waals surface area contributed by atoms with Crippen LogP contribution in [0.25, 0.3) is 0 Å². The smallest absolute Gasteiger partial charge is 0.240 e. The molecule has 5 heteroatoms. The Balaban J connectivity index is 2.89. The molecule has 0 unspecified atom stereocenters. The summed E-state index contributed by atoms with van der Waals surface area (Å²) in [6.45, 7) is 8.12. The molecule has 0 radical (unpaired) electrons. The predicted molar refractivity (Wildman–Crippen MR) is 77.9 cm³/mol. The second-order valence-electron chi connectivity index (χ2n) is 4.66. The van der Waals surface area contributed by atoms with Crippen molar-refractivity contribution in [2.45, 2.75) is 26.7 Å². The average molecular weight is 270 g/mol. The fraction of sp³-hybridized carbons (Fsp3) is 0.583. The van der Waals surface area contributed by atoms with Crippen LogP contribution in [0.5, 0.6) is 0 Å². The van der Waals surface area contributed by atoms with Gasteiger partial charge in [-0.1, -0.05) is 18.3 Å². The van der Waals surface area contributed by atoms with E-state index in [0.717, 1.165) is 19.4 Å². The van der Waals surface area contributed by atoms with Crippen LogP contribution in [0.4, 0.5) is 0 Å². The van der Waals surface area contributed by atoms with Crippen LogP contribution in [0, 0.1) is 5.41 Å². The van der Waals surface area contributed by atoms with Crippen molar-refractivity contribution < 1.29 is 4.79 Å². The average Bonchev–Trinajstić information content (AvgIpc) is 2.29. The molecule has 0 aromatic heterocycles. The first kappa shape index (κ1) is 14.3. The number of rotatable bonds is 4. The van der Waals surface area contributed by atoms with Gasteiger partial charge in [0.15, 0.2) is 5.11 Å². The van der Waals surface area contributed by atoms with E-state index in [0.29, 0.717) is 10.1 Å². The van der Waals surface area contributed by atoms with E-state index in [-0.39, 0.29) is 5.91 Å². The Morgan fingerprint density at radius 1 is 1.41 bits per heavy atom. The van der Waals surface area contributed by atoms with Crippen molar-refractivity contribution in [1.82, 2.24) is 9.80 Å². The van der Waals surface area contributed by atoms with Crippen LogP contribution in [-0.4, -0.2) is 39.4 Å². The number of unbranched alkanes of at least 4 members (excludes halogenated alkanes) is 1. The maximum absolute atomic E-state index is 12.1. The number of carbonyl (C=O) groups is 1. The normalized spacial score (nSPS) is 19.8. The highest BCUT2D eigenvalue weighted by Gasteiger charge is 2.44. The lowest BCUT2D eigenvalue weighted by atomic mass is 9.89. The van der Waals surface area contributed by atoms with E-state index in [2.05, 4.69) is 6.58 Å². The van der Waals surface area contributed by atoms with Crippen LogP contribution >= 0.6 is 24.4 Å². The van der Waals surface area contributed by atoms with Gasteiger partial charge in [-0.3, -0.25) is 9.69 Å². The van der Waals surface area contributed by atoms with Crippen molar-refractivity contribution in [3.8, 4) is 0 Å². The number of hydrogen-bond donors (Lipinski definition) is 0. The van der Waals surface area contributed by atoms with Crippen LogP contribution in [0.2, 0.25) is 0 Å². The van der Waals surface area contributed by atoms with Gasteiger partial charge >= 0.3 is 0 Å². The third-order valence-corrected chi connectivity index (χ3v) is 4.15. The van der Waals surface area contributed by atoms with Crippen LogP contribution in [0.1, 0.15) is 26.7 Å². The third kappa shape index (κ3) is 2.55. The highest BCUT2D eigenvalue weighted by atomic mass is 32.1. The molecule has 1 heterocycles. The summed E-state index contributed by atoms with van der Waals surface area (Å²) in [5.74, 6) is -0.0347. The molecule has 0 aliphatic carbocycles. The number of allylic oxidation sites excluding steroid dienone is 1. The molecule has 0 N–H and O–H groups in total. The maximum atomic E-state index is 12.1. The van der Waals surface area contributed by atoms with Gasteiger partial charge in [0.25, 0.3) is 0 Å². The first-order valence-corrected chi connectivity index (χ1v) is 6.40. The third-order valence-electron chi connectivity index (χ3n) is 2.93. The second-order valence-corrected chi connectivity index (χ2v) is 5.41. The molecule has 0 atom stereocenters. The molecule has 3 nitrogen and oxygen atoms in total. The first-order chi connectivity index (χ1) is 7.84. The van der Waals surface area contributed by atoms with Gasteiger partial charge in [0.05, 0.1) is 10.4 Å². The van der Waals surface area contributed by atoms with Gasteiger partial charge in [0.1, 0.15) is 0 Å². The zero-order valence-electron chi connectivity index (χ0n) is 10.5. The fourth-order valence-corrected chi connectivity index (χ4v) is 2.38. The molecule has 1 fully saturated rings. The lowest BCUT2D eigenvalue weighted by Gasteiger charge is -2.43. The first-order valence-electron chi connectivity index (χ1n) is 5.59. The van der Waals surface area contributed by atoms with Gasteiger partial charge in [-0.05, 0) is 38.9 Å². The molecule has 1 aliphatic heterocycles. The Labute approximate surface area is 113 Å². The Kier molecular flexibility index (Phi) is 4.38. The van der Waals surface area contributed by atoms with Gasteiger partial charge < -0.3 is 4.90 Å². The summed E-state index contributed by atoms with van der Waals surface area (Å²) in [6, 6.07) is 0. The summed E-state index contributed by atoms with van der Waals surface area (Å²) in [6.07, 6.45) is 3.72. The zero-order chi connectivity index (χ0) is 13.2. The molecule has 1 saturated heterocycles. The van der Waals surface area contributed by atoms with Crippen LogP contribution in [-0.2, 0) is 4.79 Å². The highest BCUT2D eigenvalue weighted by molar-refractivity contribution is 7.82. The molecule has 0 aromatic carbocycles. The Morgan fingerprint density at radius 3 is 2.53 bits per heavy atom. The van der Waals surface area contributed by atoms with E-state index in [1.54, 1.807) is 7.05 Å². The number of hydrogen-bond acceptors (Lipinski definition) is 3. The fourth-order valence-electron chi connectivity index (χ4n) is 1.79. The Morgan fingerprint density at radius 2 is 2.00 bits per heavy atom. The number of carbonyl (C=O) groups excluding carboxylic acids is 1. The molecule has 0 saturated carbocycles. The summed E-state index contributed by atoms with van der Waals surface area (Å²) in [4.78, 5) is 16.1. The van der Waals surface area contributed by atoms with Gasteiger partial charge in [0, 0.05) is 13.6 Å². The minimum absolute atomic E-state index is 0.0347. The molecular weight excluding hydrogens is 252 g/mol. The van der Waals surface area contributed by atoms with Gasteiger partial charge in [-0.25, -0.2) is 0 Å². The monoisotopic (exact) mass is 270 g/mol. The predicted octanol–water partition coefficient (Wildman–Crippen LogP) is 2.37. The quantitative estimate of drug-likeness (QED) is 0.444. The minimum atomic E-state index is -0.652. The van der Waals surface area contributed by atoms with Crippen LogP contribution in [0.15, 0.2) is 12.7 Å². The summed E-state index contributed by atoms with van der Waals surface area (Å²) >= 11 is 10.7. The van der Waals surface area contributed by atoms with E-state index >= 15 is 0 Å². The van der Waals surface area contributed by atoms with Crippen molar-refractivity contribution in [3.63, 3.8) is 0 Å². The van der Waals surface area contributed by atoms with Crippen LogP contribution in [0.3, 0.4) is 0 Å². The van der Waals surface area contributed by atoms with Gasteiger partial charge in [-0.15, -0.1) is 6.58 Å². The van der Waals surface area contributed by atoms with E-state index in [4.69, 9.17) is 24.4 Å². The molecule has 1 aliphatic rings. The summed E-state index contributed by atoms with van der Waals surface area (Å²) < 4.78 is 0.